The van der Waals surface area contributed by atoms with Gasteiger partial charge in [0, 0.05) is 0 Å². The fourth-order valence-corrected chi connectivity index (χ4v) is 1.96. The largest absolute Gasteiger partial charge is 0.453 e. The molecule has 18 heavy (non-hydrogen) atoms. The van der Waals surface area contributed by atoms with Gasteiger partial charge >= 0.3 is 0 Å². The predicted octanol–water partition coefficient (Wildman–Crippen LogP) is 4.91. The number of hydrogen-bond donors (Lipinski definition) is 0. The Morgan fingerprint density at radius 3 is 2.67 bits per heavy atom. The zero-order valence-electron chi connectivity index (χ0n) is 8.95. The van der Waals surface area contributed by atoms with Crippen molar-refractivity contribution in [3.05, 3.63) is 57.3 Å². The summed E-state index contributed by atoms with van der Waals surface area (Å²) in [7, 11) is 0. The lowest BCUT2D eigenvalue weighted by Crippen LogP contribution is -1.90. The van der Waals surface area contributed by atoms with Crippen molar-refractivity contribution in [3.8, 4) is 17.6 Å². The second-order valence-corrected chi connectivity index (χ2v) is 4.67. The van der Waals surface area contributed by atoms with Gasteiger partial charge in [-0.25, -0.2) is 4.39 Å². The second-order valence-electron chi connectivity index (χ2n) is 3.41. The molecule has 90 valence electrons. The summed E-state index contributed by atoms with van der Waals surface area (Å²) in [4.78, 5) is 0. The van der Waals surface area contributed by atoms with Gasteiger partial charge in [-0.05, 0) is 46.3 Å². The molecule has 0 saturated carbocycles. The van der Waals surface area contributed by atoms with Crippen LogP contribution in [-0.4, -0.2) is 0 Å². The van der Waals surface area contributed by atoms with Gasteiger partial charge in [0.05, 0.1) is 21.1 Å². The lowest BCUT2D eigenvalue weighted by atomic mass is 10.2. The molecule has 0 N–H and O–H groups in total. The number of nitriles is 1. The highest BCUT2D eigenvalue weighted by molar-refractivity contribution is 9.10. The Morgan fingerprint density at radius 2 is 2.00 bits per heavy atom. The molecule has 2 aromatic rings. The summed E-state index contributed by atoms with van der Waals surface area (Å²) < 4.78 is 19.6. The molecule has 0 spiro atoms. The summed E-state index contributed by atoms with van der Waals surface area (Å²) >= 11 is 8.91. The number of rotatable bonds is 2. The van der Waals surface area contributed by atoms with Gasteiger partial charge in [0.25, 0.3) is 0 Å². The summed E-state index contributed by atoms with van der Waals surface area (Å²) in [5.41, 5.74) is 0.487. The fraction of sp³-hybridized carbons (Fsp3) is 0. The average molecular weight is 327 g/mol. The Balaban J connectivity index is 2.35. The van der Waals surface area contributed by atoms with Gasteiger partial charge in [0.2, 0.25) is 0 Å². The molecule has 2 aromatic carbocycles. The van der Waals surface area contributed by atoms with Crippen LogP contribution in [0.15, 0.2) is 40.9 Å². The molecule has 0 bridgehead atoms. The highest BCUT2D eigenvalue weighted by atomic mass is 79.9. The van der Waals surface area contributed by atoms with Gasteiger partial charge in [0.15, 0.2) is 11.6 Å². The van der Waals surface area contributed by atoms with Crippen molar-refractivity contribution < 1.29 is 9.13 Å². The summed E-state index contributed by atoms with van der Waals surface area (Å²) in [6, 6.07) is 11.3. The molecule has 2 rings (SSSR count). The summed E-state index contributed by atoms with van der Waals surface area (Å²) in [6.45, 7) is 0. The highest BCUT2D eigenvalue weighted by Crippen LogP contribution is 2.33. The molecule has 0 unspecified atom stereocenters. The maximum absolute atomic E-state index is 13.6. The topological polar surface area (TPSA) is 33.0 Å². The monoisotopic (exact) mass is 325 g/mol. The minimum atomic E-state index is -0.615. The molecule has 0 heterocycles. The SMILES string of the molecule is N#Cc1ccc(Oc2cccc(Cl)c2F)c(Br)c1. The molecule has 0 aliphatic heterocycles. The second kappa shape index (κ2) is 5.38. The van der Waals surface area contributed by atoms with E-state index in [0.717, 1.165) is 0 Å². The number of ether oxygens (including phenoxy) is 1. The number of halogens is 3. The Labute approximate surface area is 117 Å². The van der Waals surface area contributed by atoms with Crippen molar-refractivity contribution in [2.24, 2.45) is 0 Å². The van der Waals surface area contributed by atoms with Crippen molar-refractivity contribution in [2.75, 3.05) is 0 Å². The maximum Gasteiger partial charge on any atom is 0.184 e. The minimum Gasteiger partial charge on any atom is -0.453 e. The Morgan fingerprint density at radius 1 is 1.22 bits per heavy atom. The zero-order chi connectivity index (χ0) is 13.1. The van der Waals surface area contributed by atoms with Crippen molar-refractivity contribution in [3.63, 3.8) is 0 Å². The first kappa shape index (κ1) is 12.9. The van der Waals surface area contributed by atoms with Gasteiger partial charge < -0.3 is 4.74 Å². The molecule has 0 aromatic heterocycles. The van der Waals surface area contributed by atoms with E-state index >= 15 is 0 Å². The van der Waals surface area contributed by atoms with Crippen LogP contribution in [0.3, 0.4) is 0 Å². The van der Waals surface area contributed by atoms with Crippen LogP contribution in [0.25, 0.3) is 0 Å². The van der Waals surface area contributed by atoms with Crippen LogP contribution in [-0.2, 0) is 0 Å². The van der Waals surface area contributed by atoms with Crippen LogP contribution in [0.1, 0.15) is 5.56 Å². The van der Waals surface area contributed by atoms with E-state index in [4.69, 9.17) is 21.6 Å². The van der Waals surface area contributed by atoms with Gasteiger partial charge in [0.1, 0.15) is 5.75 Å². The molecule has 0 fully saturated rings. The first-order chi connectivity index (χ1) is 8.61. The molecule has 0 amide bonds. The third-order valence-corrected chi connectivity index (χ3v) is 3.11. The predicted molar refractivity (Wildman–Crippen MR) is 70.3 cm³/mol. The van der Waals surface area contributed by atoms with Gasteiger partial charge in [-0.3, -0.25) is 0 Å². The minimum absolute atomic E-state index is 0.00253. The molecule has 0 atom stereocenters. The first-order valence-electron chi connectivity index (χ1n) is 4.93. The van der Waals surface area contributed by atoms with Crippen molar-refractivity contribution >= 4 is 27.5 Å². The van der Waals surface area contributed by atoms with Crippen molar-refractivity contribution in [1.29, 1.82) is 5.26 Å². The quantitative estimate of drug-likeness (QED) is 0.786. The van der Waals surface area contributed by atoms with Crippen LogP contribution in [0.5, 0.6) is 11.5 Å². The summed E-state index contributed by atoms with van der Waals surface area (Å²) in [6.07, 6.45) is 0. The Bertz CT molecular complexity index is 639. The Hall–Kier alpha value is -1.57. The van der Waals surface area contributed by atoms with Gasteiger partial charge in [-0.1, -0.05) is 17.7 Å². The lowest BCUT2D eigenvalue weighted by molar-refractivity contribution is 0.440. The maximum atomic E-state index is 13.6. The standard InChI is InChI=1S/C13H6BrClFNO/c14-9-6-8(7-17)4-5-11(9)18-12-3-1-2-10(15)13(12)16/h1-6H. The molecule has 0 aliphatic rings. The lowest BCUT2D eigenvalue weighted by Gasteiger charge is -2.09. The van der Waals surface area contributed by atoms with E-state index in [2.05, 4.69) is 15.9 Å². The summed E-state index contributed by atoms with van der Waals surface area (Å²) in [5.74, 6) is -0.168. The van der Waals surface area contributed by atoms with Crippen LogP contribution in [0.2, 0.25) is 5.02 Å². The van der Waals surface area contributed by atoms with E-state index in [1.165, 1.54) is 12.1 Å². The summed E-state index contributed by atoms with van der Waals surface area (Å²) in [5, 5.41) is 8.73. The van der Waals surface area contributed by atoms with Crippen LogP contribution < -0.4 is 4.74 Å². The van der Waals surface area contributed by atoms with Crippen LogP contribution in [0.4, 0.5) is 4.39 Å². The number of nitrogens with zero attached hydrogens (tertiary/aromatic N) is 1. The molecule has 0 saturated heterocycles. The third kappa shape index (κ3) is 2.63. The zero-order valence-corrected chi connectivity index (χ0v) is 11.3. The third-order valence-electron chi connectivity index (χ3n) is 2.20. The fourth-order valence-electron chi connectivity index (χ4n) is 1.33. The first-order valence-corrected chi connectivity index (χ1v) is 6.10. The van der Waals surface area contributed by atoms with E-state index in [1.54, 1.807) is 24.3 Å². The van der Waals surface area contributed by atoms with Crippen molar-refractivity contribution in [2.45, 2.75) is 0 Å². The van der Waals surface area contributed by atoms with E-state index in [0.29, 0.717) is 15.8 Å². The van der Waals surface area contributed by atoms with Gasteiger partial charge in [-0.15, -0.1) is 0 Å². The number of benzene rings is 2. The Kier molecular flexibility index (Phi) is 3.85. The normalized spacial score (nSPS) is 9.89. The average Bonchev–Trinajstić information content (AvgIpc) is 2.37. The molecule has 0 radical (unpaired) electrons. The molecule has 2 nitrogen and oxygen atoms in total. The number of hydrogen-bond acceptors (Lipinski definition) is 2. The smallest absolute Gasteiger partial charge is 0.184 e. The van der Waals surface area contributed by atoms with Crippen LogP contribution in [0, 0.1) is 17.1 Å². The van der Waals surface area contributed by atoms with E-state index in [-0.39, 0.29) is 10.8 Å². The van der Waals surface area contributed by atoms with E-state index in [9.17, 15) is 4.39 Å². The van der Waals surface area contributed by atoms with Crippen LogP contribution >= 0.6 is 27.5 Å². The van der Waals surface area contributed by atoms with E-state index < -0.39 is 5.82 Å². The molecular formula is C13H6BrClFNO. The molecule has 0 aliphatic carbocycles. The van der Waals surface area contributed by atoms with E-state index in [1.807, 2.05) is 6.07 Å². The van der Waals surface area contributed by atoms with Gasteiger partial charge in [-0.2, -0.15) is 5.26 Å². The molecular weight excluding hydrogens is 321 g/mol. The van der Waals surface area contributed by atoms with Crippen molar-refractivity contribution in [1.82, 2.24) is 0 Å². The highest BCUT2D eigenvalue weighted by Gasteiger charge is 2.10. The molecule has 5 heteroatoms.